The minimum atomic E-state index is 0.768. The third-order valence-electron chi connectivity index (χ3n) is 3.34. The van der Waals surface area contributed by atoms with Gasteiger partial charge in [0, 0.05) is 17.3 Å². The predicted molar refractivity (Wildman–Crippen MR) is 90.4 cm³/mol. The van der Waals surface area contributed by atoms with Crippen LogP contribution in [0.15, 0.2) is 42.5 Å². The van der Waals surface area contributed by atoms with E-state index in [9.17, 15) is 0 Å². The molecule has 0 saturated heterocycles. The zero-order valence-corrected chi connectivity index (χ0v) is 13.4. The smallest absolute Gasteiger partial charge is 0.119 e. The Kier molecular flexibility index (Phi) is 5.94. The van der Waals surface area contributed by atoms with E-state index < -0.39 is 0 Å². The Morgan fingerprint density at radius 1 is 1.14 bits per heavy atom. The summed E-state index contributed by atoms with van der Waals surface area (Å²) in [5, 5.41) is 4.20. The maximum Gasteiger partial charge on any atom is 0.119 e. The van der Waals surface area contributed by atoms with Crippen LogP contribution in [0.5, 0.6) is 5.75 Å². The Balaban J connectivity index is 1.95. The van der Waals surface area contributed by atoms with E-state index in [1.807, 2.05) is 30.3 Å². The standard InChI is InChI=1S/C18H22ClNO/c1-3-4-10-21-17-7-5-6-15(12-17)13-20-18-9-8-16(19)11-14(18)2/h5-9,11-12,20H,3-4,10,13H2,1-2H3. The molecule has 0 atom stereocenters. The Labute approximate surface area is 132 Å². The largest absolute Gasteiger partial charge is 0.494 e. The van der Waals surface area contributed by atoms with Gasteiger partial charge in [0.1, 0.15) is 5.75 Å². The fourth-order valence-electron chi connectivity index (χ4n) is 2.10. The van der Waals surface area contributed by atoms with Crippen LogP contribution in [-0.4, -0.2) is 6.61 Å². The molecule has 2 rings (SSSR count). The van der Waals surface area contributed by atoms with Crippen molar-refractivity contribution in [1.29, 1.82) is 0 Å². The highest BCUT2D eigenvalue weighted by molar-refractivity contribution is 6.30. The molecular weight excluding hydrogens is 282 g/mol. The molecule has 0 unspecified atom stereocenters. The van der Waals surface area contributed by atoms with Crippen molar-refractivity contribution in [2.24, 2.45) is 0 Å². The fraction of sp³-hybridized carbons (Fsp3) is 0.333. The average Bonchev–Trinajstić information content (AvgIpc) is 2.47. The van der Waals surface area contributed by atoms with Gasteiger partial charge in [-0.3, -0.25) is 0 Å². The van der Waals surface area contributed by atoms with Crippen LogP contribution in [-0.2, 0) is 6.54 Å². The number of hydrogen-bond donors (Lipinski definition) is 1. The van der Waals surface area contributed by atoms with E-state index in [1.54, 1.807) is 0 Å². The van der Waals surface area contributed by atoms with Crippen molar-refractivity contribution >= 4 is 17.3 Å². The molecule has 1 N–H and O–H groups in total. The molecule has 2 aromatic carbocycles. The van der Waals surface area contributed by atoms with Crippen molar-refractivity contribution in [3.8, 4) is 5.75 Å². The first-order valence-corrected chi connectivity index (χ1v) is 7.78. The van der Waals surface area contributed by atoms with E-state index in [-0.39, 0.29) is 0 Å². The molecule has 112 valence electrons. The van der Waals surface area contributed by atoms with Crippen LogP contribution in [0.25, 0.3) is 0 Å². The lowest BCUT2D eigenvalue weighted by Gasteiger charge is -2.11. The number of nitrogens with one attached hydrogen (secondary N) is 1. The Bertz CT molecular complexity index is 583. The van der Waals surface area contributed by atoms with Gasteiger partial charge in [-0.25, -0.2) is 0 Å². The molecule has 0 amide bonds. The van der Waals surface area contributed by atoms with E-state index in [0.717, 1.165) is 48.0 Å². The average molecular weight is 304 g/mol. The van der Waals surface area contributed by atoms with Gasteiger partial charge in [0.25, 0.3) is 0 Å². The summed E-state index contributed by atoms with van der Waals surface area (Å²) in [6.07, 6.45) is 2.24. The second kappa shape index (κ2) is 7.94. The molecule has 0 spiro atoms. The number of halogens is 1. The summed E-state index contributed by atoms with van der Waals surface area (Å²) in [5.41, 5.74) is 3.47. The van der Waals surface area contributed by atoms with Crippen molar-refractivity contribution in [3.63, 3.8) is 0 Å². The summed E-state index contributed by atoms with van der Waals surface area (Å²) in [6, 6.07) is 14.1. The highest BCUT2D eigenvalue weighted by atomic mass is 35.5. The molecule has 0 bridgehead atoms. The Morgan fingerprint density at radius 3 is 2.76 bits per heavy atom. The van der Waals surface area contributed by atoms with Gasteiger partial charge < -0.3 is 10.1 Å². The molecule has 0 aliphatic heterocycles. The van der Waals surface area contributed by atoms with Crippen molar-refractivity contribution in [3.05, 3.63) is 58.6 Å². The highest BCUT2D eigenvalue weighted by Crippen LogP contribution is 2.21. The highest BCUT2D eigenvalue weighted by Gasteiger charge is 2.01. The molecule has 3 heteroatoms. The molecule has 0 aliphatic carbocycles. The van der Waals surface area contributed by atoms with Crippen molar-refractivity contribution in [1.82, 2.24) is 0 Å². The Morgan fingerprint density at radius 2 is 2.00 bits per heavy atom. The maximum absolute atomic E-state index is 5.97. The SMILES string of the molecule is CCCCOc1cccc(CNc2ccc(Cl)cc2C)c1. The zero-order valence-electron chi connectivity index (χ0n) is 12.7. The number of ether oxygens (including phenoxy) is 1. The van der Waals surface area contributed by atoms with Gasteiger partial charge in [-0.2, -0.15) is 0 Å². The van der Waals surface area contributed by atoms with Crippen LogP contribution in [0.1, 0.15) is 30.9 Å². The topological polar surface area (TPSA) is 21.3 Å². The predicted octanol–water partition coefficient (Wildman–Crippen LogP) is 5.44. The second-order valence-electron chi connectivity index (χ2n) is 5.16. The molecule has 0 radical (unpaired) electrons. The molecule has 2 aromatic rings. The third kappa shape index (κ3) is 4.98. The van der Waals surface area contributed by atoms with E-state index in [1.165, 1.54) is 5.56 Å². The van der Waals surface area contributed by atoms with Crippen LogP contribution < -0.4 is 10.1 Å². The fourth-order valence-corrected chi connectivity index (χ4v) is 2.33. The van der Waals surface area contributed by atoms with Gasteiger partial charge in [-0.15, -0.1) is 0 Å². The summed E-state index contributed by atoms with van der Waals surface area (Å²) in [7, 11) is 0. The molecule has 21 heavy (non-hydrogen) atoms. The number of aryl methyl sites for hydroxylation is 1. The minimum absolute atomic E-state index is 0.768. The first-order chi connectivity index (χ1) is 10.2. The van der Waals surface area contributed by atoms with Gasteiger partial charge in [0.15, 0.2) is 0 Å². The lowest BCUT2D eigenvalue weighted by Crippen LogP contribution is -2.02. The molecule has 0 saturated carbocycles. The minimum Gasteiger partial charge on any atom is -0.494 e. The molecule has 0 aromatic heterocycles. The monoisotopic (exact) mass is 303 g/mol. The van der Waals surface area contributed by atoms with Crippen LogP contribution in [0.4, 0.5) is 5.69 Å². The van der Waals surface area contributed by atoms with Crippen LogP contribution >= 0.6 is 11.6 Å². The van der Waals surface area contributed by atoms with Crippen LogP contribution in [0, 0.1) is 6.92 Å². The van der Waals surface area contributed by atoms with E-state index in [2.05, 4.69) is 31.3 Å². The number of hydrogen-bond acceptors (Lipinski definition) is 2. The zero-order chi connectivity index (χ0) is 15.1. The van der Waals surface area contributed by atoms with Gasteiger partial charge in [0.2, 0.25) is 0 Å². The normalized spacial score (nSPS) is 10.4. The molecule has 0 fully saturated rings. The molecule has 0 heterocycles. The lowest BCUT2D eigenvalue weighted by atomic mass is 10.1. The molecular formula is C18H22ClNO. The summed E-state index contributed by atoms with van der Waals surface area (Å²) in [4.78, 5) is 0. The number of unbranched alkanes of at least 4 members (excludes halogenated alkanes) is 1. The quantitative estimate of drug-likeness (QED) is 0.688. The van der Waals surface area contributed by atoms with Crippen molar-refractivity contribution in [2.45, 2.75) is 33.2 Å². The van der Waals surface area contributed by atoms with E-state index in [0.29, 0.717) is 0 Å². The van der Waals surface area contributed by atoms with E-state index in [4.69, 9.17) is 16.3 Å². The van der Waals surface area contributed by atoms with E-state index >= 15 is 0 Å². The van der Waals surface area contributed by atoms with Crippen molar-refractivity contribution in [2.75, 3.05) is 11.9 Å². The number of benzene rings is 2. The summed E-state index contributed by atoms with van der Waals surface area (Å²) in [5.74, 6) is 0.940. The van der Waals surface area contributed by atoms with Crippen molar-refractivity contribution < 1.29 is 4.74 Å². The lowest BCUT2D eigenvalue weighted by molar-refractivity contribution is 0.309. The second-order valence-corrected chi connectivity index (χ2v) is 5.60. The first-order valence-electron chi connectivity index (χ1n) is 7.41. The first kappa shape index (κ1) is 15.7. The number of rotatable bonds is 7. The van der Waals surface area contributed by atoms with Crippen LogP contribution in [0.3, 0.4) is 0 Å². The molecule has 0 aliphatic rings. The third-order valence-corrected chi connectivity index (χ3v) is 3.57. The maximum atomic E-state index is 5.97. The summed E-state index contributed by atoms with van der Waals surface area (Å²) >= 11 is 5.97. The molecule has 2 nitrogen and oxygen atoms in total. The van der Waals surface area contributed by atoms with Gasteiger partial charge >= 0.3 is 0 Å². The van der Waals surface area contributed by atoms with Crippen LogP contribution in [0.2, 0.25) is 5.02 Å². The summed E-state index contributed by atoms with van der Waals surface area (Å²) < 4.78 is 5.73. The van der Waals surface area contributed by atoms with Gasteiger partial charge in [0.05, 0.1) is 6.61 Å². The van der Waals surface area contributed by atoms with Gasteiger partial charge in [-0.05, 0) is 54.8 Å². The Hall–Kier alpha value is -1.67. The summed E-state index contributed by atoms with van der Waals surface area (Å²) in [6.45, 7) is 5.77. The van der Waals surface area contributed by atoms with Gasteiger partial charge in [-0.1, -0.05) is 37.1 Å². The number of anilines is 1.